The molecule has 1 aliphatic carbocycles. The third kappa shape index (κ3) is 5.89. The van der Waals surface area contributed by atoms with Gasteiger partial charge in [-0.2, -0.15) is 0 Å². The standard InChI is InChI=1S/C25H33ClN2O4S/c1-16(2)21-14-19(26)15-22(17(3)4)23(21)27-24(29)28-33(31,32)20-10-8-9-18(13-20)25(30)11-6-5-7-12-25/h8-10,13-17,30H,5-7,11-12H2,1-4H3,(H2,27,28,29). The summed E-state index contributed by atoms with van der Waals surface area (Å²) < 4.78 is 28.1. The smallest absolute Gasteiger partial charge is 0.333 e. The Morgan fingerprint density at radius 2 is 1.58 bits per heavy atom. The molecule has 0 bridgehead atoms. The summed E-state index contributed by atoms with van der Waals surface area (Å²) in [7, 11) is -4.14. The van der Waals surface area contributed by atoms with Gasteiger partial charge in [0.05, 0.1) is 10.5 Å². The summed E-state index contributed by atoms with van der Waals surface area (Å²) in [5.41, 5.74) is 1.77. The van der Waals surface area contributed by atoms with Crippen molar-refractivity contribution in [2.24, 2.45) is 0 Å². The van der Waals surface area contributed by atoms with Crippen molar-refractivity contribution in [1.82, 2.24) is 4.72 Å². The number of amides is 2. The van der Waals surface area contributed by atoms with Crippen LogP contribution in [-0.2, 0) is 15.6 Å². The molecule has 2 amide bonds. The molecule has 0 heterocycles. The maximum absolute atomic E-state index is 13.0. The van der Waals surface area contributed by atoms with E-state index in [0.29, 0.717) is 29.1 Å². The Labute approximate surface area is 201 Å². The van der Waals surface area contributed by atoms with Gasteiger partial charge in [0.1, 0.15) is 0 Å². The Kier molecular flexibility index (Phi) is 7.76. The number of rotatable bonds is 6. The van der Waals surface area contributed by atoms with E-state index < -0.39 is 21.7 Å². The first-order valence-corrected chi connectivity index (χ1v) is 13.3. The maximum atomic E-state index is 13.0. The minimum Gasteiger partial charge on any atom is -0.385 e. The fourth-order valence-electron chi connectivity index (χ4n) is 4.40. The number of sulfonamides is 1. The lowest BCUT2D eigenvalue weighted by Crippen LogP contribution is -2.35. The number of carbonyl (C=O) groups excluding carboxylic acids is 1. The van der Waals surface area contributed by atoms with Gasteiger partial charge in [-0.05, 0) is 65.6 Å². The maximum Gasteiger partial charge on any atom is 0.333 e. The average Bonchev–Trinajstić information content (AvgIpc) is 2.74. The van der Waals surface area contributed by atoms with Crippen LogP contribution in [0.3, 0.4) is 0 Å². The fourth-order valence-corrected chi connectivity index (χ4v) is 5.59. The summed E-state index contributed by atoms with van der Waals surface area (Å²) in [5.74, 6) is 0.141. The third-order valence-electron chi connectivity index (χ3n) is 6.24. The van der Waals surface area contributed by atoms with Crippen LogP contribution in [0.2, 0.25) is 5.02 Å². The molecule has 0 aliphatic heterocycles. The van der Waals surface area contributed by atoms with Crippen LogP contribution in [0.5, 0.6) is 0 Å². The lowest BCUT2D eigenvalue weighted by Gasteiger charge is -2.32. The first-order valence-electron chi connectivity index (χ1n) is 11.4. The summed E-state index contributed by atoms with van der Waals surface area (Å²) in [5, 5.41) is 14.3. The number of hydrogen-bond acceptors (Lipinski definition) is 4. The number of aliphatic hydroxyl groups is 1. The molecule has 0 saturated heterocycles. The summed E-state index contributed by atoms with van der Waals surface area (Å²) in [6.07, 6.45) is 4.04. The number of anilines is 1. The second-order valence-electron chi connectivity index (χ2n) is 9.45. The molecule has 2 aromatic rings. The van der Waals surface area contributed by atoms with Gasteiger partial charge in [0.25, 0.3) is 10.0 Å². The molecule has 0 aromatic heterocycles. The topological polar surface area (TPSA) is 95.5 Å². The number of halogens is 1. The van der Waals surface area contributed by atoms with Crippen LogP contribution in [0.1, 0.15) is 88.3 Å². The van der Waals surface area contributed by atoms with Crippen LogP contribution < -0.4 is 10.0 Å². The lowest BCUT2D eigenvalue weighted by atomic mass is 9.80. The van der Waals surface area contributed by atoms with E-state index in [-0.39, 0.29) is 16.7 Å². The lowest BCUT2D eigenvalue weighted by molar-refractivity contribution is -0.000812. The SMILES string of the molecule is CC(C)c1cc(Cl)cc(C(C)C)c1NC(=O)NS(=O)(=O)c1cccc(C2(O)CCCCC2)c1. The van der Waals surface area contributed by atoms with Crippen LogP contribution in [0.4, 0.5) is 10.5 Å². The van der Waals surface area contributed by atoms with Crippen LogP contribution in [0.15, 0.2) is 41.3 Å². The Morgan fingerprint density at radius 1 is 1.00 bits per heavy atom. The van der Waals surface area contributed by atoms with Crippen LogP contribution >= 0.6 is 11.6 Å². The highest BCUT2D eigenvalue weighted by Crippen LogP contribution is 2.38. The predicted octanol–water partition coefficient (Wildman–Crippen LogP) is 6.25. The molecule has 0 spiro atoms. The molecule has 180 valence electrons. The van der Waals surface area contributed by atoms with Crippen molar-refractivity contribution < 1.29 is 18.3 Å². The van der Waals surface area contributed by atoms with E-state index in [2.05, 4.69) is 10.0 Å². The molecule has 0 unspecified atom stereocenters. The van der Waals surface area contributed by atoms with Crippen molar-refractivity contribution in [2.75, 3.05) is 5.32 Å². The molecule has 0 radical (unpaired) electrons. The van der Waals surface area contributed by atoms with Gasteiger partial charge in [-0.1, -0.05) is 70.7 Å². The Bertz CT molecular complexity index is 1090. The summed E-state index contributed by atoms with van der Waals surface area (Å²) in [4.78, 5) is 12.7. The highest BCUT2D eigenvalue weighted by atomic mass is 35.5. The molecule has 1 fully saturated rings. The van der Waals surface area contributed by atoms with Gasteiger partial charge in [0, 0.05) is 10.7 Å². The van der Waals surface area contributed by atoms with Gasteiger partial charge in [0.15, 0.2) is 0 Å². The first-order chi connectivity index (χ1) is 15.4. The number of urea groups is 1. The Hall–Kier alpha value is -2.09. The number of hydrogen-bond donors (Lipinski definition) is 3. The van der Waals surface area contributed by atoms with Crippen LogP contribution in [-0.4, -0.2) is 19.6 Å². The molecular weight excluding hydrogens is 460 g/mol. The zero-order valence-corrected chi connectivity index (χ0v) is 21.2. The van der Waals surface area contributed by atoms with Gasteiger partial charge < -0.3 is 10.4 Å². The van der Waals surface area contributed by atoms with E-state index in [4.69, 9.17) is 11.6 Å². The molecule has 8 heteroatoms. The van der Waals surface area contributed by atoms with Gasteiger partial charge >= 0.3 is 6.03 Å². The molecule has 6 nitrogen and oxygen atoms in total. The van der Waals surface area contributed by atoms with E-state index in [1.807, 2.05) is 27.7 Å². The summed E-state index contributed by atoms with van der Waals surface area (Å²) >= 11 is 6.28. The monoisotopic (exact) mass is 492 g/mol. The fraction of sp³-hybridized carbons (Fsp3) is 0.480. The van der Waals surface area contributed by atoms with Crippen molar-refractivity contribution in [2.45, 2.75) is 82.1 Å². The Balaban J connectivity index is 1.86. The largest absolute Gasteiger partial charge is 0.385 e. The summed E-state index contributed by atoms with van der Waals surface area (Å²) in [6, 6.07) is 8.95. The minimum absolute atomic E-state index is 0.0570. The highest BCUT2D eigenvalue weighted by molar-refractivity contribution is 7.90. The second kappa shape index (κ2) is 10.0. The van der Waals surface area contributed by atoms with Crippen molar-refractivity contribution in [3.8, 4) is 0 Å². The number of benzene rings is 2. The van der Waals surface area contributed by atoms with Crippen molar-refractivity contribution in [3.63, 3.8) is 0 Å². The van der Waals surface area contributed by atoms with Crippen molar-refractivity contribution >= 4 is 33.3 Å². The second-order valence-corrected chi connectivity index (χ2v) is 11.6. The molecular formula is C25H33ClN2O4S. The molecule has 1 aliphatic rings. The van der Waals surface area contributed by atoms with Gasteiger partial charge in [-0.25, -0.2) is 17.9 Å². The van der Waals surface area contributed by atoms with Crippen molar-refractivity contribution in [3.05, 3.63) is 58.1 Å². The van der Waals surface area contributed by atoms with E-state index in [9.17, 15) is 18.3 Å². The molecule has 3 N–H and O–H groups in total. The van der Waals surface area contributed by atoms with Crippen LogP contribution in [0, 0.1) is 0 Å². The van der Waals surface area contributed by atoms with Crippen molar-refractivity contribution in [1.29, 1.82) is 0 Å². The molecule has 3 rings (SSSR count). The Morgan fingerprint density at radius 3 is 2.12 bits per heavy atom. The predicted molar refractivity (Wildman–Crippen MR) is 132 cm³/mol. The third-order valence-corrected chi connectivity index (χ3v) is 7.78. The number of nitrogens with one attached hydrogen (secondary N) is 2. The summed E-state index contributed by atoms with van der Waals surface area (Å²) in [6.45, 7) is 7.93. The molecule has 1 saturated carbocycles. The number of carbonyl (C=O) groups is 1. The molecule has 2 aromatic carbocycles. The highest BCUT2D eigenvalue weighted by Gasteiger charge is 2.32. The van der Waals surface area contributed by atoms with E-state index >= 15 is 0 Å². The molecule has 0 atom stereocenters. The van der Waals surface area contributed by atoms with E-state index in [1.54, 1.807) is 24.3 Å². The molecule has 33 heavy (non-hydrogen) atoms. The quantitative estimate of drug-likeness (QED) is 0.444. The zero-order chi connectivity index (χ0) is 24.4. The first kappa shape index (κ1) is 25.5. The van der Waals surface area contributed by atoms with Crippen LogP contribution in [0.25, 0.3) is 0 Å². The zero-order valence-electron chi connectivity index (χ0n) is 19.6. The van der Waals surface area contributed by atoms with E-state index in [1.165, 1.54) is 12.1 Å². The van der Waals surface area contributed by atoms with Gasteiger partial charge in [0.2, 0.25) is 0 Å². The minimum atomic E-state index is -4.14. The van der Waals surface area contributed by atoms with E-state index in [0.717, 1.165) is 30.4 Å². The van der Waals surface area contributed by atoms with Gasteiger partial charge in [-0.15, -0.1) is 0 Å². The normalized spacial score (nSPS) is 16.1. The van der Waals surface area contributed by atoms with Gasteiger partial charge in [-0.3, -0.25) is 0 Å². The average molecular weight is 493 g/mol.